The second kappa shape index (κ2) is 7.98. The van der Waals surface area contributed by atoms with Gasteiger partial charge in [0.15, 0.2) is 0 Å². The van der Waals surface area contributed by atoms with E-state index >= 15 is 0 Å². The molecule has 0 aliphatic heterocycles. The van der Waals surface area contributed by atoms with E-state index in [-0.39, 0.29) is 25.1 Å². The summed E-state index contributed by atoms with van der Waals surface area (Å²) < 4.78 is 6.71. The van der Waals surface area contributed by atoms with Crippen LogP contribution in [-0.2, 0) is 16.1 Å². The van der Waals surface area contributed by atoms with Crippen LogP contribution in [0.5, 0.6) is 0 Å². The van der Waals surface area contributed by atoms with E-state index in [1.165, 1.54) is 0 Å². The average Bonchev–Trinajstić information content (AvgIpc) is 3.00. The van der Waals surface area contributed by atoms with E-state index in [0.717, 1.165) is 5.56 Å². The third-order valence-corrected chi connectivity index (χ3v) is 3.03. The summed E-state index contributed by atoms with van der Waals surface area (Å²) in [5.74, 6) is 0.244. The van der Waals surface area contributed by atoms with Gasteiger partial charge in [0.05, 0.1) is 6.20 Å². The molecule has 0 bridgehead atoms. The number of rotatable bonds is 6. The van der Waals surface area contributed by atoms with Gasteiger partial charge in [-0.3, -0.25) is 4.79 Å². The number of alkyl carbamates (subject to hydrolysis) is 1. The van der Waals surface area contributed by atoms with Crippen LogP contribution in [0.25, 0.3) is 0 Å². The zero-order valence-electron chi connectivity index (χ0n) is 13.2. The van der Waals surface area contributed by atoms with Crippen LogP contribution in [0.2, 0.25) is 0 Å². The highest BCUT2D eigenvalue weighted by Crippen LogP contribution is 2.12. The monoisotopic (exact) mass is 316 g/mol. The molecular formula is C16H20N4O3. The lowest BCUT2D eigenvalue weighted by atomic mass is 10.2. The molecule has 1 heterocycles. The molecule has 1 aromatic carbocycles. The van der Waals surface area contributed by atoms with E-state index in [9.17, 15) is 9.59 Å². The molecule has 7 nitrogen and oxygen atoms in total. The van der Waals surface area contributed by atoms with Crippen molar-refractivity contribution < 1.29 is 14.3 Å². The fraction of sp³-hybridized carbons (Fsp3) is 0.312. The fourth-order valence-electron chi connectivity index (χ4n) is 1.94. The van der Waals surface area contributed by atoms with Crippen LogP contribution >= 0.6 is 0 Å². The molecule has 122 valence electrons. The molecule has 23 heavy (non-hydrogen) atoms. The third-order valence-electron chi connectivity index (χ3n) is 3.03. The summed E-state index contributed by atoms with van der Waals surface area (Å²) >= 11 is 0. The molecular weight excluding hydrogens is 296 g/mol. The molecule has 7 heteroatoms. The van der Waals surface area contributed by atoms with Gasteiger partial charge in [-0.05, 0) is 19.4 Å². The second-order valence-corrected chi connectivity index (χ2v) is 5.22. The number of anilines is 1. The molecule has 0 spiro atoms. The molecule has 2 aromatic rings. The quantitative estimate of drug-likeness (QED) is 0.856. The molecule has 0 fully saturated rings. The van der Waals surface area contributed by atoms with Crippen LogP contribution in [0, 0.1) is 0 Å². The third kappa shape index (κ3) is 5.14. The van der Waals surface area contributed by atoms with Gasteiger partial charge in [0, 0.05) is 12.1 Å². The summed E-state index contributed by atoms with van der Waals surface area (Å²) in [7, 11) is 0. The maximum atomic E-state index is 11.8. The van der Waals surface area contributed by atoms with Crippen molar-refractivity contribution in [3.05, 3.63) is 48.2 Å². The largest absolute Gasteiger partial charge is 0.445 e. The maximum absolute atomic E-state index is 11.8. The number of hydrogen-bond donors (Lipinski definition) is 2. The van der Waals surface area contributed by atoms with Gasteiger partial charge < -0.3 is 15.4 Å². The van der Waals surface area contributed by atoms with Crippen LogP contribution in [0.4, 0.5) is 10.6 Å². The molecule has 0 radical (unpaired) electrons. The van der Waals surface area contributed by atoms with Crippen LogP contribution in [0.3, 0.4) is 0 Å². The number of carbonyl (C=O) groups is 2. The molecule has 2 N–H and O–H groups in total. The first-order chi connectivity index (χ1) is 11.1. The van der Waals surface area contributed by atoms with E-state index in [0.29, 0.717) is 5.82 Å². The first-order valence-electron chi connectivity index (χ1n) is 7.34. The van der Waals surface area contributed by atoms with Crippen molar-refractivity contribution >= 4 is 17.8 Å². The van der Waals surface area contributed by atoms with Crippen molar-refractivity contribution in [3.63, 3.8) is 0 Å². The smallest absolute Gasteiger partial charge is 0.407 e. The molecule has 0 atom stereocenters. The summed E-state index contributed by atoms with van der Waals surface area (Å²) in [4.78, 5) is 23.4. The predicted molar refractivity (Wildman–Crippen MR) is 85.9 cm³/mol. The number of nitrogens with one attached hydrogen (secondary N) is 2. The Kier molecular flexibility index (Phi) is 5.74. The molecule has 0 unspecified atom stereocenters. The number of carbonyl (C=O) groups excluding carboxylic acids is 2. The van der Waals surface area contributed by atoms with Crippen LogP contribution < -0.4 is 10.6 Å². The normalized spacial score (nSPS) is 10.4. The van der Waals surface area contributed by atoms with Crippen molar-refractivity contribution in [2.45, 2.75) is 26.5 Å². The van der Waals surface area contributed by atoms with Crippen molar-refractivity contribution in [2.24, 2.45) is 0 Å². The Morgan fingerprint density at radius 3 is 2.65 bits per heavy atom. The summed E-state index contributed by atoms with van der Waals surface area (Å²) in [6.07, 6.45) is 0.971. The first-order valence-corrected chi connectivity index (χ1v) is 7.34. The Morgan fingerprint density at radius 2 is 1.96 bits per heavy atom. The molecule has 0 aliphatic carbocycles. The van der Waals surface area contributed by atoms with Gasteiger partial charge in [0.25, 0.3) is 0 Å². The Morgan fingerprint density at radius 1 is 1.22 bits per heavy atom. The molecule has 1 aromatic heterocycles. The van der Waals surface area contributed by atoms with Crippen molar-refractivity contribution in [1.82, 2.24) is 15.1 Å². The van der Waals surface area contributed by atoms with E-state index in [1.807, 2.05) is 44.2 Å². The SMILES string of the molecule is CC(C)n1nccc1NC(=O)CNC(=O)OCc1ccccc1. The van der Waals surface area contributed by atoms with Crippen LogP contribution in [0.15, 0.2) is 42.6 Å². The first kappa shape index (κ1) is 16.5. The number of hydrogen-bond acceptors (Lipinski definition) is 4. The maximum Gasteiger partial charge on any atom is 0.407 e. The van der Waals surface area contributed by atoms with E-state index in [2.05, 4.69) is 15.7 Å². The standard InChI is InChI=1S/C16H20N4O3/c1-12(2)20-14(8-9-18-20)19-15(21)10-17-16(22)23-11-13-6-4-3-5-7-13/h3-9,12H,10-11H2,1-2H3,(H,17,22)(H,19,21). The van der Waals surface area contributed by atoms with Crippen molar-refractivity contribution in [1.29, 1.82) is 0 Å². The highest BCUT2D eigenvalue weighted by Gasteiger charge is 2.11. The van der Waals surface area contributed by atoms with E-state index in [1.54, 1.807) is 16.9 Å². The minimum absolute atomic E-state index is 0.129. The molecule has 2 rings (SSSR count). The van der Waals surface area contributed by atoms with E-state index < -0.39 is 6.09 Å². The number of nitrogens with zero attached hydrogens (tertiary/aromatic N) is 2. The molecule has 0 saturated carbocycles. The highest BCUT2D eigenvalue weighted by atomic mass is 16.5. The van der Waals surface area contributed by atoms with Crippen molar-refractivity contribution in [3.8, 4) is 0 Å². The van der Waals surface area contributed by atoms with Crippen molar-refractivity contribution in [2.75, 3.05) is 11.9 Å². The second-order valence-electron chi connectivity index (χ2n) is 5.22. The topological polar surface area (TPSA) is 85.3 Å². The Balaban J connectivity index is 1.73. The molecule has 0 saturated heterocycles. The zero-order chi connectivity index (χ0) is 16.7. The van der Waals surface area contributed by atoms with Gasteiger partial charge in [-0.15, -0.1) is 0 Å². The minimum atomic E-state index is -0.638. The van der Waals surface area contributed by atoms with Gasteiger partial charge in [-0.2, -0.15) is 5.10 Å². The van der Waals surface area contributed by atoms with Gasteiger partial charge in [-0.1, -0.05) is 30.3 Å². The van der Waals surface area contributed by atoms with Crippen LogP contribution in [-0.4, -0.2) is 28.3 Å². The lowest BCUT2D eigenvalue weighted by molar-refractivity contribution is -0.115. The Hall–Kier alpha value is -2.83. The predicted octanol–water partition coefficient (Wildman–Crippen LogP) is 2.33. The lowest BCUT2D eigenvalue weighted by Crippen LogP contribution is -2.33. The number of aromatic nitrogens is 2. The summed E-state index contributed by atoms with van der Waals surface area (Å²) in [6, 6.07) is 11.1. The Labute approximate surface area is 134 Å². The number of amides is 2. The van der Waals surface area contributed by atoms with Gasteiger partial charge in [0.1, 0.15) is 19.0 Å². The summed E-state index contributed by atoms with van der Waals surface area (Å²) in [5.41, 5.74) is 0.882. The summed E-state index contributed by atoms with van der Waals surface area (Å²) in [5, 5.41) is 9.22. The van der Waals surface area contributed by atoms with Gasteiger partial charge in [0.2, 0.25) is 5.91 Å². The number of benzene rings is 1. The highest BCUT2D eigenvalue weighted by molar-refractivity contribution is 5.93. The van der Waals surface area contributed by atoms with Crippen LogP contribution in [0.1, 0.15) is 25.5 Å². The van der Waals surface area contributed by atoms with Gasteiger partial charge >= 0.3 is 6.09 Å². The summed E-state index contributed by atoms with van der Waals surface area (Å²) in [6.45, 7) is 3.91. The minimum Gasteiger partial charge on any atom is -0.445 e. The average molecular weight is 316 g/mol. The molecule has 0 aliphatic rings. The van der Waals surface area contributed by atoms with E-state index in [4.69, 9.17) is 4.74 Å². The zero-order valence-corrected chi connectivity index (χ0v) is 13.2. The molecule has 2 amide bonds. The lowest BCUT2D eigenvalue weighted by Gasteiger charge is -2.12. The van der Waals surface area contributed by atoms with Gasteiger partial charge in [-0.25, -0.2) is 9.48 Å². The fourth-order valence-corrected chi connectivity index (χ4v) is 1.94. The number of ether oxygens (including phenoxy) is 1. The Bertz CT molecular complexity index is 652.